The molecule has 0 N–H and O–H groups in total. The SMILES string of the molecule is CCOc1cc(C2C3=C(CCCC3=O)OC3=C2C(=O)CCC3)ccc1OC(=O)c1ccc(C(C)(C)C)cc1. The second kappa shape index (κ2) is 10.2. The molecule has 6 nitrogen and oxygen atoms in total. The van der Waals surface area contributed by atoms with Crippen molar-refractivity contribution >= 4 is 17.5 Å². The zero-order chi connectivity index (χ0) is 27.0. The van der Waals surface area contributed by atoms with E-state index in [-0.39, 0.29) is 17.0 Å². The van der Waals surface area contributed by atoms with Crippen molar-refractivity contribution in [2.45, 2.75) is 77.6 Å². The molecule has 198 valence electrons. The summed E-state index contributed by atoms with van der Waals surface area (Å²) in [6.07, 6.45) is 3.75. The number of carbonyl (C=O) groups is 3. The molecule has 1 aliphatic heterocycles. The Kier molecular flexibility index (Phi) is 6.99. The van der Waals surface area contributed by atoms with Crippen LogP contribution >= 0.6 is 0 Å². The maximum absolute atomic E-state index is 13.1. The summed E-state index contributed by atoms with van der Waals surface area (Å²) in [7, 11) is 0. The Labute approximate surface area is 223 Å². The minimum atomic E-state index is -0.497. The quantitative estimate of drug-likeness (QED) is 0.325. The Balaban J connectivity index is 1.50. The molecule has 2 aliphatic carbocycles. The highest BCUT2D eigenvalue weighted by Gasteiger charge is 2.42. The maximum Gasteiger partial charge on any atom is 0.343 e. The van der Waals surface area contributed by atoms with Crippen LogP contribution in [0.4, 0.5) is 0 Å². The molecule has 3 aliphatic rings. The van der Waals surface area contributed by atoms with Gasteiger partial charge in [-0.2, -0.15) is 0 Å². The summed E-state index contributed by atoms with van der Waals surface area (Å²) in [5, 5.41) is 0. The van der Waals surface area contributed by atoms with Crippen LogP contribution < -0.4 is 9.47 Å². The smallest absolute Gasteiger partial charge is 0.343 e. The fourth-order valence-electron chi connectivity index (χ4n) is 5.47. The number of ether oxygens (including phenoxy) is 3. The first kappa shape index (κ1) is 26.0. The van der Waals surface area contributed by atoms with E-state index in [1.807, 2.05) is 25.1 Å². The molecule has 0 fully saturated rings. The first-order valence-electron chi connectivity index (χ1n) is 13.5. The van der Waals surface area contributed by atoms with Crippen molar-refractivity contribution < 1.29 is 28.6 Å². The van der Waals surface area contributed by atoms with E-state index in [1.54, 1.807) is 24.3 Å². The molecule has 0 radical (unpaired) electrons. The third-order valence-corrected chi connectivity index (χ3v) is 7.43. The van der Waals surface area contributed by atoms with Gasteiger partial charge in [0.05, 0.1) is 12.2 Å². The van der Waals surface area contributed by atoms with Gasteiger partial charge in [0.15, 0.2) is 23.1 Å². The second-order valence-corrected chi connectivity index (χ2v) is 11.1. The summed E-state index contributed by atoms with van der Waals surface area (Å²) < 4.78 is 17.8. The van der Waals surface area contributed by atoms with Gasteiger partial charge in [0, 0.05) is 42.7 Å². The van der Waals surface area contributed by atoms with E-state index in [4.69, 9.17) is 14.2 Å². The van der Waals surface area contributed by atoms with Crippen molar-refractivity contribution in [2.75, 3.05) is 6.61 Å². The van der Waals surface area contributed by atoms with Crippen LogP contribution in [0.25, 0.3) is 0 Å². The molecule has 0 atom stereocenters. The van der Waals surface area contributed by atoms with Gasteiger partial charge in [-0.25, -0.2) is 4.79 Å². The Morgan fingerprint density at radius 2 is 1.47 bits per heavy atom. The maximum atomic E-state index is 13.1. The van der Waals surface area contributed by atoms with Crippen LogP contribution in [-0.4, -0.2) is 24.1 Å². The molecule has 1 heterocycles. The largest absolute Gasteiger partial charge is 0.490 e. The van der Waals surface area contributed by atoms with Crippen LogP contribution in [0.2, 0.25) is 0 Å². The Hall–Kier alpha value is -3.67. The highest BCUT2D eigenvalue weighted by Crippen LogP contribution is 2.48. The molecule has 5 rings (SSSR count). The number of esters is 1. The summed E-state index contributed by atoms with van der Waals surface area (Å²) in [5.41, 5.74) is 3.47. The summed E-state index contributed by atoms with van der Waals surface area (Å²) in [6, 6.07) is 12.7. The van der Waals surface area contributed by atoms with Gasteiger partial charge in [0.2, 0.25) is 0 Å². The van der Waals surface area contributed by atoms with Crippen LogP contribution in [0.3, 0.4) is 0 Å². The van der Waals surface area contributed by atoms with E-state index in [0.717, 1.165) is 24.0 Å². The molecule has 0 saturated heterocycles. The standard InChI is InChI=1S/C32H34O6/c1-5-36-27-18-20(14-17-24(27)38-31(35)19-12-15-21(16-13-19)32(2,3)4)28-29-22(33)8-6-10-25(29)37-26-11-7-9-23(34)30(26)28/h12-18,28H,5-11H2,1-4H3. The Morgan fingerprint density at radius 3 is 2.03 bits per heavy atom. The number of rotatable bonds is 5. The van der Waals surface area contributed by atoms with E-state index in [1.165, 1.54) is 0 Å². The average Bonchev–Trinajstić information content (AvgIpc) is 2.88. The van der Waals surface area contributed by atoms with E-state index in [0.29, 0.717) is 72.0 Å². The first-order chi connectivity index (χ1) is 18.2. The molecule has 0 saturated carbocycles. The molecule has 0 bridgehead atoms. The van der Waals surface area contributed by atoms with Crippen molar-refractivity contribution in [1.82, 2.24) is 0 Å². The van der Waals surface area contributed by atoms with Crippen LogP contribution in [0.15, 0.2) is 65.1 Å². The van der Waals surface area contributed by atoms with Gasteiger partial charge in [0.1, 0.15) is 11.5 Å². The number of benzene rings is 2. The molecular weight excluding hydrogens is 480 g/mol. The second-order valence-electron chi connectivity index (χ2n) is 11.1. The van der Waals surface area contributed by atoms with Gasteiger partial charge in [-0.3, -0.25) is 9.59 Å². The van der Waals surface area contributed by atoms with Gasteiger partial charge < -0.3 is 14.2 Å². The summed E-state index contributed by atoms with van der Waals surface area (Å²) in [6.45, 7) is 8.58. The minimum Gasteiger partial charge on any atom is -0.490 e. The molecular formula is C32H34O6. The summed E-state index contributed by atoms with van der Waals surface area (Å²) >= 11 is 0. The van der Waals surface area contributed by atoms with Gasteiger partial charge >= 0.3 is 5.97 Å². The zero-order valence-corrected chi connectivity index (χ0v) is 22.5. The van der Waals surface area contributed by atoms with Gasteiger partial charge in [0.25, 0.3) is 0 Å². The molecule has 2 aromatic carbocycles. The monoisotopic (exact) mass is 514 g/mol. The minimum absolute atomic E-state index is 0.0192. The van der Waals surface area contributed by atoms with Crippen LogP contribution in [0.5, 0.6) is 11.5 Å². The van der Waals surface area contributed by atoms with Gasteiger partial charge in [-0.05, 0) is 60.6 Å². The average molecular weight is 515 g/mol. The number of ketones is 2. The number of Topliss-reactive ketones (excluding diaryl/α,β-unsaturated/α-hetero) is 2. The molecule has 0 unspecified atom stereocenters. The highest BCUT2D eigenvalue weighted by molar-refractivity contribution is 6.05. The first-order valence-corrected chi connectivity index (χ1v) is 13.5. The third kappa shape index (κ3) is 4.92. The van der Waals surface area contributed by atoms with Crippen molar-refractivity contribution in [3.8, 4) is 11.5 Å². The van der Waals surface area contributed by atoms with Crippen molar-refractivity contribution in [2.24, 2.45) is 0 Å². The lowest BCUT2D eigenvalue weighted by atomic mass is 9.73. The molecule has 0 amide bonds. The summed E-state index contributed by atoms with van der Waals surface area (Å²) in [4.78, 5) is 39.2. The fraction of sp³-hybridized carbons (Fsp3) is 0.406. The topological polar surface area (TPSA) is 78.9 Å². The lowest BCUT2D eigenvalue weighted by Crippen LogP contribution is -2.30. The number of hydrogen-bond donors (Lipinski definition) is 0. The lowest BCUT2D eigenvalue weighted by Gasteiger charge is -2.36. The number of hydrogen-bond acceptors (Lipinski definition) is 6. The van der Waals surface area contributed by atoms with Crippen molar-refractivity contribution in [3.05, 3.63) is 81.8 Å². The van der Waals surface area contributed by atoms with E-state index >= 15 is 0 Å². The Morgan fingerprint density at radius 1 is 0.868 bits per heavy atom. The van der Waals surface area contributed by atoms with Crippen LogP contribution in [0, 0.1) is 0 Å². The highest BCUT2D eigenvalue weighted by atomic mass is 16.6. The predicted molar refractivity (Wildman–Crippen MR) is 143 cm³/mol. The molecule has 2 aromatic rings. The number of carbonyl (C=O) groups excluding carboxylic acids is 3. The summed E-state index contributed by atoms with van der Waals surface area (Å²) in [5.74, 6) is 1.13. The van der Waals surface area contributed by atoms with E-state index in [2.05, 4.69) is 20.8 Å². The molecule has 0 spiro atoms. The molecule has 38 heavy (non-hydrogen) atoms. The van der Waals surface area contributed by atoms with E-state index < -0.39 is 11.9 Å². The van der Waals surface area contributed by atoms with Gasteiger partial charge in [-0.1, -0.05) is 39.0 Å². The van der Waals surface area contributed by atoms with Crippen LogP contribution in [-0.2, 0) is 19.7 Å². The zero-order valence-electron chi connectivity index (χ0n) is 22.5. The normalized spacial score (nSPS) is 18.1. The third-order valence-electron chi connectivity index (χ3n) is 7.43. The van der Waals surface area contributed by atoms with Crippen LogP contribution in [0.1, 0.15) is 93.6 Å². The molecule has 0 aromatic heterocycles. The number of allylic oxidation sites excluding steroid dienone is 4. The van der Waals surface area contributed by atoms with Crippen molar-refractivity contribution in [3.63, 3.8) is 0 Å². The van der Waals surface area contributed by atoms with E-state index in [9.17, 15) is 14.4 Å². The Bertz CT molecular complexity index is 1310. The van der Waals surface area contributed by atoms with Crippen molar-refractivity contribution in [1.29, 1.82) is 0 Å². The predicted octanol–water partition coefficient (Wildman–Crippen LogP) is 6.73. The molecule has 6 heteroatoms. The fourth-order valence-corrected chi connectivity index (χ4v) is 5.47. The van der Waals surface area contributed by atoms with Gasteiger partial charge in [-0.15, -0.1) is 0 Å². The lowest BCUT2D eigenvalue weighted by molar-refractivity contribution is -0.117.